The second-order valence-electron chi connectivity index (χ2n) is 5.67. The van der Waals surface area contributed by atoms with Crippen molar-refractivity contribution in [2.75, 3.05) is 20.1 Å². The average Bonchev–Trinajstić information content (AvgIpc) is 3.15. The van der Waals surface area contributed by atoms with E-state index in [-0.39, 0.29) is 16.7 Å². The molecule has 3 rings (SSSR count). The van der Waals surface area contributed by atoms with Crippen LogP contribution < -0.4 is 5.32 Å². The second-order valence-corrected chi connectivity index (χ2v) is 7.57. The number of amides is 1. The zero-order valence-electron chi connectivity index (χ0n) is 13.3. The standard InChI is InChI=1S/C16H19N3O4S/c1-17-16(20)12-7-10-19(11-8-12)24(21,22)15-5-3-2-4-13(15)14-6-9-18-23-14/h2-6,9,12H,7-8,10-11H2,1H3,(H,17,20). The fourth-order valence-corrected chi connectivity index (χ4v) is 4.62. The van der Waals surface area contributed by atoms with E-state index < -0.39 is 10.0 Å². The normalized spacial score (nSPS) is 16.9. The number of rotatable bonds is 4. The molecule has 1 aliphatic rings. The van der Waals surface area contributed by atoms with Crippen LogP contribution in [0, 0.1) is 5.92 Å². The van der Waals surface area contributed by atoms with Crippen LogP contribution in [0.15, 0.2) is 45.9 Å². The first-order valence-electron chi connectivity index (χ1n) is 7.76. The molecule has 0 radical (unpaired) electrons. The van der Waals surface area contributed by atoms with E-state index in [1.54, 1.807) is 37.4 Å². The van der Waals surface area contributed by atoms with E-state index in [2.05, 4.69) is 10.5 Å². The Labute approximate surface area is 140 Å². The summed E-state index contributed by atoms with van der Waals surface area (Å²) in [5, 5.41) is 6.27. The molecule has 1 fully saturated rings. The van der Waals surface area contributed by atoms with Crippen LogP contribution in [0.25, 0.3) is 11.3 Å². The maximum Gasteiger partial charge on any atom is 0.243 e. The number of nitrogens with one attached hydrogen (secondary N) is 1. The summed E-state index contributed by atoms with van der Waals surface area (Å²) in [5.41, 5.74) is 0.489. The van der Waals surface area contributed by atoms with Crippen molar-refractivity contribution in [2.45, 2.75) is 17.7 Å². The van der Waals surface area contributed by atoms with Crippen molar-refractivity contribution in [1.82, 2.24) is 14.8 Å². The van der Waals surface area contributed by atoms with Crippen molar-refractivity contribution < 1.29 is 17.7 Å². The minimum Gasteiger partial charge on any atom is -0.359 e. The van der Waals surface area contributed by atoms with E-state index in [0.717, 1.165) is 0 Å². The first-order valence-corrected chi connectivity index (χ1v) is 9.20. The van der Waals surface area contributed by atoms with E-state index in [1.807, 2.05) is 0 Å². The zero-order chi connectivity index (χ0) is 17.2. The number of hydrogen-bond donors (Lipinski definition) is 1. The van der Waals surface area contributed by atoms with Gasteiger partial charge in [0, 0.05) is 37.7 Å². The van der Waals surface area contributed by atoms with Gasteiger partial charge in [-0.2, -0.15) is 4.31 Å². The number of sulfonamides is 1. The van der Waals surface area contributed by atoms with Crippen molar-refractivity contribution in [3.05, 3.63) is 36.5 Å². The molecule has 0 atom stereocenters. The quantitative estimate of drug-likeness (QED) is 0.903. The van der Waals surface area contributed by atoms with Crippen LogP contribution in [0.3, 0.4) is 0 Å². The molecule has 1 amide bonds. The number of carbonyl (C=O) groups is 1. The van der Waals surface area contributed by atoms with Crippen molar-refractivity contribution in [3.63, 3.8) is 0 Å². The smallest absolute Gasteiger partial charge is 0.243 e. The van der Waals surface area contributed by atoms with E-state index in [1.165, 1.54) is 10.5 Å². The molecule has 7 nitrogen and oxygen atoms in total. The van der Waals surface area contributed by atoms with Crippen LogP contribution in [-0.2, 0) is 14.8 Å². The summed E-state index contributed by atoms with van der Waals surface area (Å²) in [6.45, 7) is 0.649. The molecule has 1 saturated heterocycles. The summed E-state index contributed by atoms with van der Waals surface area (Å²) >= 11 is 0. The van der Waals surface area contributed by atoms with Crippen LogP contribution in [0.5, 0.6) is 0 Å². The Balaban J connectivity index is 1.87. The highest BCUT2D eigenvalue weighted by atomic mass is 32.2. The number of benzene rings is 1. The Morgan fingerprint density at radius 3 is 2.58 bits per heavy atom. The van der Waals surface area contributed by atoms with Gasteiger partial charge in [-0.3, -0.25) is 4.79 Å². The lowest BCUT2D eigenvalue weighted by molar-refractivity contribution is -0.125. The Morgan fingerprint density at radius 1 is 1.25 bits per heavy atom. The van der Waals surface area contributed by atoms with Crippen molar-refractivity contribution >= 4 is 15.9 Å². The molecule has 0 bridgehead atoms. The van der Waals surface area contributed by atoms with Gasteiger partial charge < -0.3 is 9.84 Å². The number of aromatic nitrogens is 1. The maximum atomic E-state index is 13.0. The second kappa shape index (κ2) is 6.74. The van der Waals surface area contributed by atoms with Gasteiger partial charge in [-0.25, -0.2) is 8.42 Å². The highest BCUT2D eigenvalue weighted by molar-refractivity contribution is 7.89. The third-order valence-electron chi connectivity index (χ3n) is 4.28. The molecule has 0 unspecified atom stereocenters. The average molecular weight is 349 g/mol. The van der Waals surface area contributed by atoms with E-state index in [4.69, 9.17) is 4.52 Å². The number of carbonyl (C=O) groups excluding carboxylic acids is 1. The largest absolute Gasteiger partial charge is 0.359 e. The van der Waals surface area contributed by atoms with Gasteiger partial charge in [-0.05, 0) is 25.0 Å². The molecule has 0 spiro atoms. The van der Waals surface area contributed by atoms with Gasteiger partial charge in [0.2, 0.25) is 15.9 Å². The van der Waals surface area contributed by atoms with Gasteiger partial charge in [0.05, 0.1) is 11.1 Å². The molecule has 0 aliphatic carbocycles. The van der Waals surface area contributed by atoms with Crippen molar-refractivity contribution in [1.29, 1.82) is 0 Å². The minimum absolute atomic E-state index is 0.0332. The van der Waals surface area contributed by atoms with Crippen LogP contribution in [-0.4, -0.2) is 43.9 Å². The third-order valence-corrected chi connectivity index (χ3v) is 6.24. The molecular weight excluding hydrogens is 330 g/mol. The SMILES string of the molecule is CNC(=O)C1CCN(S(=O)(=O)c2ccccc2-c2ccno2)CC1. The summed E-state index contributed by atoms with van der Waals surface area (Å²) in [5.74, 6) is 0.245. The minimum atomic E-state index is -3.66. The number of piperidine rings is 1. The molecule has 128 valence electrons. The van der Waals surface area contributed by atoms with Gasteiger partial charge in [0.15, 0.2) is 5.76 Å². The summed E-state index contributed by atoms with van der Waals surface area (Å²) in [6, 6.07) is 8.34. The zero-order valence-corrected chi connectivity index (χ0v) is 14.1. The molecular formula is C16H19N3O4S. The first kappa shape index (κ1) is 16.7. The fraction of sp³-hybridized carbons (Fsp3) is 0.375. The molecule has 2 heterocycles. The van der Waals surface area contributed by atoms with Gasteiger partial charge >= 0.3 is 0 Å². The molecule has 8 heteroatoms. The summed E-state index contributed by atoms with van der Waals surface area (Å²) in [6.07, 6.45) is 2.51. The predicted molar refractivity (Wildman–Crippen MR) is 87.5 cm³/mol. The fourth-order valence-electron chi connectivity index (χ4n) is 2.95. The third kappa shape index (κ3) is 3.07. The maximum absolute atomic E-state index is 13.0. The highest BCUT2D eigenvalue weighted by Gasteiger charge is 2.33. The lowest BCUT2D eigenvalue weighted by Gasteiger charge is -2.30. The molecule has 1 aromatic heterocycles. The van der Waals surface area contributed by atoms with Gasteiger partial charge in [-0.15, -0.1) is 0 Å². The highest BCUT2D eigenvalue weighted by Crippen LogP contribution is 2.31. The van der Waals surface area contributed by atoms with Gasteiger partial charge in [0.1, 0.15) is 0 Å². The van der Waals surface area contributed by atoms with E-state index in [0.29, 0.717) is 37.3 Å². The Morgan fingerprint density at radius 2 is 1.96 bits per heavy atom. The molecule has 24 heavy (non-hydrogen) atoms. The van der Waals surface area contributed by atoms with Crippen LogP contribution in [0.2, 0.25) is 0 Å². The van der Waals surface area contributed by atoms with Crippen LogP contribution in [0.1, 0.15) is 12.8 Å². The van der Waals surface area contributed by atoms with E-state index in [9.17, 15) is 13.2 Å². The Bertz CT molecular complexity index is 810. The molecule has 0 saturated carbocycles. The monoisotopic (exact) mass is 349 g/mol. The molecule has 1 N–H and O–H groups in total. The predicted octanol–water partition coefficient (Wildman–Crippen LogP) is 1.49. The molecule has 1 aromatic carbocycles. The molecule has 1 aliphatic heterocycles. The van der Waals surface area contributed by atoms with Crippen LogP contribution in [0.4, 0.5) is 0 Å². The number of hydrogen-bond acceptors (Lipinski definition) is 5. The van der Waals surface area contributed by atoms with Crippen LogP contribution >= 0.6 is 0 Å². The summed E-state index contributed by atoms with van der Waals surface area (Å²) in [4.78, 5) is 11.9. The molecule has 2 aromatic rings. The van der Waals surface area contributed by atoms with Crippen molar-refractivity contribution in [2.24, 2.45) is 5.92 Å². The van der Waals surface area contributed by atoms with Crippen molar-refractivity contribution in [3.8, 4) is 11.3 Å². The van der Waals surface area contributed by atoms with Gasteiger partial charge in [-0.1, -0.05) is 17.3 Å². The number of nitrogens with zero attached hydrogens (tertiary/aromatic N) is 2. The van der Waals surface area contributed by atoms with Gasteiger partial charge in [0.25, 0.3) is 0 Å². The Hall–Kier alpha value is -2.19. The topological polar surface area (TPSA) is 92.5 Å². The summed E-state index contributed by atoms with van der Waals surface area (Å²) in [7, 11) is -2.06. The summed E-state index contributed by atoms with van der Waals surface area (Å²) < 4.78 is 32.6. The Kier molecular flexibility index (Phi) is 4.68. The lowest BCUT2D eigenvalue weighted by atomic mass is 9.97. The van der Waals surface area contributed by atoms with E-state index >= 15 is 0 Å². The first-order chi connectivity index (χ1) is 11.5. The lowest BCUT2D eigenvalue weighted by Crippen LogP contribution is -2.42.